The van der Waals surface area contributed by atoms with Gasteiger partial charge in [0.15, 0.2) is 0 Å². The summed E-state index contributed by atoms with van der Waals surface area (Å²) in [5.74, 6) is 0.0905. The summed E-state index contributed by atoms with van der Waals surface area (Å²) in [4.78, 5) is 10.7. The van der Waals surface area contributed by atoms with E-state index in [1.807, 2.05) is 12.1 Å². The number of Topliss-reactive ketones (excluding diaryl/α,β-unsaturated/α-hetero) is 1. The van der Waals surface area contributed by atoms with Gasteiger partial charge in [0.05, 0.1) is 0 Å². The van der Waals surface area contributed by atoms with Gasteiger partial charge in [-0.2, -0.15) is 0 Å². The van der Waals surface area contributed by atoms with Crippen LogP contribution in [0.3, 0.4) is 0 Å². The van der Waals surface area contributed by atoms with E-state index in [4.69, 9.17) is 0 Å². The van der Waals surface area contributed by atoms with Crippen molar-refractivity contribution in [1.82, 2.24) is 0 Å². The van der Waals surface area contributed by atoms with Crippen LogP contribution in [-0.4, -0.2) is 5.78 Å². The Kier molecular flexibility index (Phi) is 4.47. The Hall–Kier alpha value is -1.18. The molecule has 0 spiro atoms. The number of hydrogen-bond acceptors (Lipinski definition) is 1. The van der Waals surface area contributed by atoms with Gasteiger partial charge in [-0.3, -0.25) is 0 Å². The van der Waals surface area contributed by atoms with Crippen molar-refractivity contribution in [2.75, 3.05) is 0 Å². The number of rotatable bonds is 5. The highest BCUT2D eigenvalue weighted by Crippen LogP contribution is 2.12. The highest BCUT2D eigenvalue weighted by molar-refractivity contribution is 5.75. The molecule has 0 saturated heterocycles. The van der Waals surface area contributed by atoms with Crippen LogP contribution in [0.5, 0.6) is 0 Å². The summed E-state index contributed by atoms with van der Waals surface area (Å²) in [7, 11) is 0. The normalized spacial score (nSPS) is 10.3. The SMILES string of the molecule is CC(=O)CCCCc1ccc(F)c(C)c1. The molecule has 0 amide bonds. The van der Waals surface area contributed by atoms with Crippen molar-refractivity contribution in [2.45, 2.75) is 39.5 Å². The second kappa shape index (κ2) is 5.64. The minimum absolute atomic E-state index is 0.150. The van der Waals surface area contributed by atoms with Gasteiger partial charge in [0.2, 0.25) is 0 Å². The summed E-state index contributed by atoms with van der Waals surface area (Å²) in [6.45, 7) is 3.39. The van der Waals surface area contributed by atoms with E-state index in [-0.39, 0.29) is 11.6 Å². The summed E-state index contributed by atoms with van der Waals surface area (Å²) in [5.41, 5.74) is 1.84. The average Bonchev–Trinajstić information content (AvgIpc) is 2.18. The van der Waals surface area contributed by atoms with Crippen LogP contribution < -0.4 is 0 Å². The second-order valence-electron chi connectivity index (χ2n) is 3.99. The van der Waals surface area contributed by atoms with E-state index < -0.39 is 0 Å². The van der Waals surface area contributed by atoms with E-state index in [2.05, 4.69) is 0 Å². The number of ketones is 1. The zero-order valence-electron chi connectivity index (χ0n) is 9.35. The van der Waals surface area contributed by atoms with Crippen molar-refractivity contribution in [2.24, 2.45) is 0 Å². The Labute approximate surface area is 90.3 Å². The summed E-state index contributed by atoms with van der Waals surface area (Å²) in [6, 6.07) is 5.20. The van der Waals surface area contributed by atoms with E-state index >= 15 is 0 Å². The zero-order chi connectivity index (χ0) is 11.3. The maximum absolute atomic E-state index is 12.9. The molecule has 0 heterocycles. The van der Waals surface area contributed by atoms with Crippen LogP contribution in [0, 0.1) is 12.7 Å². The monoisotopic (exact) mass is 208 g/mol. The molecule has 0 unspecified atom stereocenters. The Morgan fingerprint density at radius 3 is 2.67 bits per heavy atom. The fourth-order valence-electron chi connectivity index (χ4n) is 1.57. The topological polar surface area (TPSA) is 17.1 Å². The number of carbonyl (C=O) groups is 1. The molecule has 0 fully saturated rings. The van der Waals surface area contributed by atoms with E-state index in [0.29, 0.717) is 12.0 Å². The van der Waals surface area contributed by atoms with E-state index in [9.17, 15) is 9.18 Å². The summed E-state index contributed by atoms with van der Waals surface area (Å²) in [6.07, 6.45) is 3.49. The number of hydrogen-bond donors (Lipinski definition) is 0. The van der Waals surface area contributed by atoms with Crippen molar-refractivity contribution in [3.63, 3.8) is 0 Å². The van der Waals surface area contributed by atoms with Gasteiger partial charge in [-0.25, -0.2) is 4.39 Å². The van der Waals surface area contributed by atoms with Crippen LogP contribution in [-0.2, 0) is 11.2 Å². The lowest BCUT2D eigenvalue weighted by Gasteiger charge is -2.03. The third-order valence-corrected chi connectivity index (χ3v) is 2.47. The Bertz CT molecular complexity index is 344. The minimum Gasteiger partial charge on any atom is -0.300 e. The third-order valence-electron chi connectivity index (χ3n) is 2.47. The van der Waals surface area contributed by atoms with Crippen molar-refractivity contribution < 1.29 is 9.18 Å². The van der Waals surface area contributed by atoms with Crippen LogP contribution in [0.15, 0.2) is 18.2 Å². The van der Waals surface area contributed by atoms with Gasteiger partial charge < -0.3 is 4.79 Å². The predicted molar refractivity (Wildman–Crippen MR) is 59.4 cm³/mol. The highest BCUT2D eigenvalue weighted by Gasteiger charge is 1.99. The number of halogens is 1. The Morgan fingerprint density at radius 1 is 1.33 bits per heavy atom. The quantitative estimate of drug-likeness (QED) is 0.677. The van der Waals surface area contributed by atoms with Gasteiger partial charge in [0.25, 0.3) is 0 Å². The first-order valence-electron chi connectivity index (χ1n) is 5.34. The molecular weight excluding hydrogens is 191 g/mol. The van der Waals surface area contributed by atoms with E-state index in [1.54, 1.807) is 13.8 Å². The van der Waals surface area contributed by atoms with Gasteiger partial charge in [-0.1, -0.05) is 12.1 Å². The molecule has 15 heavy (non-hydrogen) atoms. The molecule has 0 saturated carbocycles. The molecule has 0 radical (unpaired) electrons. The summed E-state index contributed by atoms with van der Waals surface area (Å²) in [5, 5.41) is 0. The van der Waals surface area contributed by atoms with Gasteiger partial charge >= 0.3 is 0 Å². The number of carbonyl (C=O) groups excluding carboxylic acids is 1. The molecule has 82 valence electrons. The molecular formula is C13H17FO. The highest BCUT2D eigenvalue weighted by atomic mass is 19.1. The van der Waals surface area contributed by atoms with Crippen molar-refractivity contribution in [1.29, 1.82) is 0 Å². The summed E-state index contributed by atoms with van der Waals surface area (Å²) >= 11 is 0. The third kappa shape index (κ3) is 4.24. The van der Waals surface area contributed by atoms with Crippen molar-refractivity contribution in [3.8, 4) is 0 Å². The number of unbranched alkanes of at least 4 members (excludes halogenated alkanes) is 1. The fourth-order valence-corrected chi connectivity index (χ4v) is 1.57. The molecule has 0 bridgehead atoms. The molecule has 0 atom stereocenters. The molecule has 1 rings (SSSR count). The molecule has 0 N–H and O–H groups in total. The summed E-state index contributed by atoms with van der Waals surface area (Å²) < 4.78 is 12.9. The predicted octanol–water partition coefficient (Wildman–Crippen LogP) is 3.44. The molecule has 0 aliphatic carbocycles. The molecule has 0 aliphatic heterocycles. The van der Waals surface area contributed by atoms with Gasteiger partial charge in [-0.15, -0.1) is 0 Å². The number of benzene rings is 1. The molecule has 1 nitrogen and oxygen atoms in total. The maximum Gasteiger partial charge on any atom is 0.129 e. The molecule has 2 heteroatoms. The van der Waals surface area contributed by atoms with Crippen LogP contribution in [0.25, 0.3) is 0 Å². The first kappa shape index (κ1) is 11.9. The second-order valence-corrected chi connectivity index (χ2v) is 3.99. The molecule has 0 aromatic heterocycles. The molecule has 1 aromatic rings. The minimum atomic E-state index is -0.150. The van der Waals surface area contributed by atoms with Gasteiger partial charge in [0.1, 0.15) is 11.6 Å². The lowest BCUT2D eigenvalue weighted by molar-refractivity contribution is -0.117. The molecule has 1 aromatic carbocycles. The lowest BCUT2D eigenvalue weighted by atomic mass is 10.0. The van der Waals surface area contributed by atoms with Crippen LogP contribution in [0.1, 0.15) is 37.3 Å². The number of aryl methyl sites for hydroxylation is 2. The van der Waals surface area contributed by atoms with Gasteiger partial charge in [0, 0.05) is 6.42 Å². The molecule has 0 aliphatic rings. The van der Waals surface area contributed by atoms with Crippen LogP contribution in [0.2, 0.25) is 0 Å². The largest absolute Gasteiger partial charge is 0.300 e. The lowest BCUT2D eigenvalue weighted by Crippen LogP contribution is -1.92. The van der Waals surface area contributed by atoms with Crippen LogP contribution in [0.4, 0.5) is 4.39 Å². The fraction of sp³-hybridized carbons (Fsp3) is 0.462. The standard InChI is InChI=1S/C13H17FO/c1-10-9-12(7-8-13(10)14)6-4-3-5-11(2)15/h7-9H,3-6H2,1-2H3. The Morgan fingerprint density at radius 2 is 2.07 bits per heavy atom. The Balaban J connectivity index is 2.38. The maximum atomic E-state index is 12.9. The van der Waals surface area contributed by atoms with Crippen molar-refractivity contribution in [3.05, 3.63) is 35.1 Å². The zero-order valence-corrected chi connectivity index (χ0v) is 9.35. The van der Waals surface area contributed by atoms with E-state index in [0.717, 1.165) is 24.8 Å². The van der Waals surface area contributed by atoms with E-state index in [1.165, 1.54) is 6.07 Å². The first-order chi connectivity index (χ1) is 7.09. The van der Waals surface area contributed by atoms with Crippen molar-refractivity contribution >= 4 is 5.78 Å². The smallest absolute Gasteiger partial charge is 0.129 e. The van der Waals surface area contributed by atoms with Gasteiger partial charge in [-0.05, 0) is 50.3 Å². The first-order valence-corrected chi connectivity index (χ1v) is 5.34. The average molecular weight is 208 g/mol. The van der Waals surface area contributed by atoms with Crippen LogP contribution >= 0.6 is 0 Å².